The van der Waals surface area contributed by atoms with Gasteiger partial charge in [0.2, 0.25) is 5.91 Å². The lowest BCUT2D eigenvalue weighted by Crippen LogP contribution is -2.62. The Hall–Kier alpha value is -1.40. The summed E-state index contributed by atoms with van der Waals surface area (Å²) < 4.78 is 24.7. The van der Waals surface area contributed by atoms with Gasteiger partial charge in [-0.2, -0.15) is 0 Å². The van der Waals surface area contributed by atoms with E-state index in [2.05, 4.69) is 25.7 Å². The molecule has 144 valence electrons. The van der Waals surface area contributed by atoms with Crippen molar-refractivity contribution in [3.63, 3.8) is 0 Å². The van der Waals surface area contributed by atoms with Gasteiger partial charge in [-0.1, -0.05) is 45.7 Å². The van der Waals surface area contributed by atoms with E-state index in [9.17, 15) is 13.2 Å². The number of carbonyl (C=O) groups excluding carboxylic acids is 1. The van der Waals surface area contributed by atoms with E-state index in [4.69, 9.17) is 0 Å². The molecule has 0 N–H and O–H groups in total. The molecule has 2 heterocycles. The Labute approximate surface area is 157 Å². The number of piperazine rings is 1. The number of unbranched alkanes of at least 4 members (excludes halogenated alkanes) is 2. The molecule has 2 unspecified atom stereocenters. The van der Waals surface area contributed by atoms with Gasteiger partial charge in [-0.05, 0) is 36.6 Å². The Morgan fingerprint density at radius 3 is 2.35 bits per heavy atom. The highest BCUT2D eigenvalue weighted by atomic mass is 32.2. The number of hydrogen-bond acceptors (Lipinski definition) is 4. The predicted octanol–water partition coefficient (Wildman–Crippen LogP) is 2.81. The zero-order valence-corrected chi connectivity index (χ0v) is 16.8. The lowest BCUT2D eigenvalue weighted by Gasteiger charge is -2.43. The molecule has 0 saturated carbocycles. The fraction of sp³-hybridized carbons (Fsp3) is 0.650. The fourth-order valence-electron chi connectivity index (χ4n) is 4.12. The average Bonchev–Trinajstić information content (AvgIpc) is 2.90. The van der Waals surface area contributed by atoms with Gasteiger partial charge in [0.25, 0.3) is 0 Å². The number of sulfone groups is 1. The van der Waals surface area contributed by atoms with Gasteiger partial charge in [-0.25, -0.2) is 8.42 Å². The number of rotatable bonds is 6. The Morgan fingerprint density at radius 2 is 1.73 bits per heavy atom. The summed E-state index contributed by atoms with van der Waals surface area (Å²) in [6.07, 6.45) is 3.23. The molecule has 2 aliphatic rings. The molecule has 0 aliphatic carbocycles. The quantitative estimate of drug-likeness (QED) is 0.714. The van der Waals surface area contributed by atoms with E-state index in [1.54, 1.807) is 4.90 Å². The van der Waals surface area contributed by atoms with E-state index in [-0.39, 0.29) is 29.5 Å². The Balaban J connectivity index is 1.86. The van der Waals surface area contributed by atoms with Gasteiger partial charge in [-0.15, -0.1) is 0 Å². The first kappa shape index (κ1) is 19.4. The molecule has 3 rings (SSSR count). The van der Waals surface area contributed by atoms with Crippen LogP contribution in [0.15, 0.2) is 24.3 Å². The zero-order chi connectivity index (χ0) is 18.9. The molecule has 2 fully saturated rings. The van der Waals surface area contributed by atoms with Crippen LogP contribution >= 0.6 is 0 Å². The Kier molecular flexibility index (Phi) is 5.72. The van der Waals surface area contributed by atoms with Crippen molar-refractivity contribution < 1.29 is 13.2 Å². The summed E-state index contributed by atoms with van der Waals surface area (Å²) in [4.78, 5) is 16.7. The fourth-order valence-corrected chi connectivity index (χ4v) is 6.10. The van der Waals surface area contributed by atoms with Crippen LogP contribution in [0.2, 0.25) is 0 Å². The minimum atomic E-state index is -3.11. The van der Waals surface area contributed by atoms with Crippen molar-refractivity contribution in [3.05, 3.63) is 29.8 Å². The molecule has 1 aromatic rings. The Morgan fingerprint density at radius 1 is 1.08 bits per heavy atom. The number of nitrogens with zero attached hydrogens (tertiary/aromatic N) is 2. The lowest BCUT2D eigenvalue weighted by molar-refractivity contribution is -0.123. The van der Waals surface area contributed by atoms with Gasteiger partial charge >= 0.3 is 0 Å². The van der Waals surface area contributed by atoms with Crippen molar-refractivity contribution in [2.75, 3.05) is 29.5 Å². The van der Waals surface area contributed by atoms with Crippen molar-refractivity contribution in [2.45, 2.75) is 58.0 Å². The van der Waals surface area contributed by atoms with Crippen LogP contribution in [0.3, 0.4) is 0 Å². The summed E-state index contributed by atoms with van der Waals surface area (Å²) in [5.41, 5.74) is 2.04. The SMILES string of the molecule is CCCCCN1CC(=O)N(c2ccc(C(C)C)cc2)C2CS(=O)(=O)CC21. The normalized spacial score (nSPS) is 25.7. The highest BCUT2D eigenvalue weighted by Gasteiger charge is 2.49. The van der Waals surface area contributed by atoms with Gasteiger partial charge in [0.1, 0.15) is 0 Å². The second-order valence-electron chi connectivity index (χ2n) is 7.90. The molecule has 2 atom stereocenters. The Bertz CT molecular complexity index is 743. The van der Waals surface area contributed by atoms with Crippen molar-refractivity contribution in [1.82, 2.24) is 4.90 Å². The third-order valence-corrected chi connectivity index (χ3v) is 7.29. The summed E-state index contributed by atoms with van der Waals surface area (Å²) in [7, 11) is -3.11. The predicted molar refractivity (Wildman–Crippen MR) is 105 cm³/mol. The van der Waals surface area contributed by atoms with Gasteiger partial charge in [0.05, 0.1) is 24.1 Å². The molecule has 2 saturated heterocycles. The van der Waals surface area contributed by atoms with Gasteiger partial charge in [-0.3, -0.25) is 9.69 Å². The third kappa shape index (κ3) is 3.96. The molecule has 0 spiro atoms. The molecule has 2 aliphatic heterocycles. The van der Waals surface area contributed by atoms with E-state index < -0.39 is 9.84 Å². The standard InChI is InChI=1S/C20H30N2O3S/c1-4-5-6-11-21-12-20(23)22(19-14-26(24,25)13-18(19)21)17-9-7-16(8-10-17)15(2)3/h7-10,15,18-19H,4-6,11-14H2,1-3H3. The molecular weight excluding hydrogens is 348 g/mol. The molecular formula is C20H30N2O3S. The third-order valence-electron chi connectivity index (χ3n) is 5.59. The molecule has 26 heavy (non-hydrogen) atoms. The zero-order valence-electron chi connectivity index (χ0n) is 16.0. The number of amides is 1. The van der Waals surface area contributed by atoms with E-state index in [1.165, 1.54) is 5.56 Å². The summed E-state index contributed by atoms with van der Waals surface area (Å²) in [6, 6.07) is 7.65. The van der Waals surface area contributed by atoms with E-state index in [0.717, 1.165) is 31.5 Å². The van der Waals surface area contributed by atoms with Gasteiger partial charge < -0.3 is 4.90 Å². The summed E-state index contributed by atoms with van der Waals surface area (Å²) in [5, 5.41) is 0. The highest BCUT2D eigenvalue weighted by Crippen LogP contribution is 2.32. The summed E-state index contributed by atoms with van der Waals surface area (Å²) >= 11 is 0. The molecule has 0 aromatic heterocycles. The van der Waals surface area contributed by atoms with Crippen molar-refractivity contribution in [3.8, 4) is 0 Å². The van der Waals surface area contributed by atoms with Crippen molar-refractivity contribution in [2.24, 2.45) is 0 Å². The van der Waals surface area contributed by atoms with Crippen LogP contribution in [0.4, 0.5) is 5.69 Å². The van der Waals surface area contributed by atoms with Crippen molar-refractivity contribution in [1.29, 1.82) is 0 Å². The number of benzene rings is 1. The lowest BCUT2D eigenvalue weighted by atomic mass is 10.00. The number of carbonyl (C=O) groups is 1. The number of anilines is 1. The molecule has 1 aromatic carbocycles. The molecule has 6 heteroatoms. The number of hydrogen-bond donors (Lipinski definition) is 0. The molecule has 0 bridgehead atoms. The second-order valence-corrected chi connectivity index (χ2v) is 10.1. The smallest absolute Gasteiger partial charge is 0.241 e. The minimum Gasteiger partial charge on any atom is -0.306 e. The van der Waals surface area contributed by atoms with Crippen LogP contribution < -0.4 is 4.90 Å². The summed E-state index contributed by atoms with van der Waals surface area (Å²) in [6.45, 7) is 7.53. The number of fused-ring (bicyclic) bond motifs is 1. The van der Waals surface area contributed by atoms with Crippen LogP contribution in [0.25, 0.3) is 0 Å². The van der Waals surface area contributed by atoms with Gasteiger partial charge in [0, 0.05) is 11.7 Å². The van der Waals surface area contributed by atoms with Crippen LogP contribution in [-0.2, 0) is 14.6 Å². The van der Waals surface area contributed by atoms with Crippen LogP contribution in [0, 0.1) is 0 Å². The first-order valence-corrected chi connectivity index (χ1v) is 11.5. The first-order chi connectivity index (χ1) is 12.3. The molecule has 1 amide bonds. The van der Waals surface area contributed by atoms with Crippen LogP contribution in [0.5, 0.6) is 0 Å². The maximum absolute atomic E-state index is 12.9. The monoisotopic (exact) mass is 378 g/mol. The topological polar surface area (TPSA) is 57.7 Å². The second kappa shape index (κ2) is 7.69. The van der Waals surface area contributed by atoms with E-state index >= 15 is 0 Å². The minimum absolute atomic E-state index is 0.0112. The van der Waals surface area contributed by atoms with E-state index in [0.29, 0.717) is 12.5 Å². The highest BCUT2D eigenvalue weighted by molar-refractivity contribution is 7.91. The molecule has 0 radical (unpaired) electrons. The molecule has 5 nitrogen and oxygen atoms in total. The summed E-state index contributed by atoms with van der Waals surface area (Å²) in [5.74, 6) is 0.670. The first-order valence-electron chi connectivity index (χ1n) is 9.69. The van der Waals surface area contributed by atoms with Crippen LogP contribution in [0.1, 0.15) is 51.5 Å². The van der Waals surface area contributed by atoms with Gasteiger partial charge in [0.15, 0.2) is 9.84 Å². The van der Waals surface area contributed by atoms with Crippen LogP contribution in [-0.4, -0.2) is 55.9 Å². The average molecular weight is 379 g/mol. The maximum Gasteiger partial charge on any atom is 0.241 e. The van der Waals surface area contributed by atoms with E-state index in [1.807, 2.05) is 24.3 Å². The largest absolute Gasteiger partial charge is 0.306 e. The van der Waals surface area contributed by atoms with Crippen molar-refractivity contribution >= 4 is 21.4 Å². The maximum atomic E-state index is 12.9.